The third-order valence-corrected chi connectivity index (χ3v) is 5.90. The van der Waals surface area contributed by atoms with Crippen molar-refractivity contribution in [2.45, 2.75) is 44.3 Å². The van der Waals surface area contributed by atoms with Crippen LogP contribution in [0.15, 0.2) is 15.9 Å². The van der Waals surface area contributed by atoms with Gasteiger partial charge in [-0.3, -0.25) is 9.69 Å². The van der Waals surface area contributed by atoms with Crippen molar-refractivity contribution in [2.75, 3.05) is 20.6 Å². The molecule has 2 N–H and O–H groups in total. The van der Waals surface area contributed by atoms with Gasteiger partial charge in [-0.15, -0.1) is 11.3 Å². The Morgan fingerprint density at radius 3 is 2.86 bits per heavy atom. The number of nitrogens with zero attached hydrogens (tertiary/aromatic N) is 2. The molecule has 2 rings (SSSR count). The number of rotatable bonds is 5. The van der Waals surface area contributed by atoms with Gasteiger partial charge >= 0.3 is 0 Å². The van der Waals surface area contributed by atoms with Crippen LogP contribution >= 0.6 is 27.3 Å². The van der Waals surface area contributed by atoms with Crippen LogP contribution in [0.25, 0.3) is 0 Å². The number of amides is 1. The molecule has 0 aromatic carbocycles. The van der Waals surface area contributed by atoms with E-state index in [1.807, 2.05) is 14.1 Å². The molecule has 1 saturated heterocycles. The Labute approximate surface area is 139 Å². The van der Waals surface area contributed by atoms with Gasteiger partial charge in [0.15, 0.2) is 0 Å². The summed E-state index contributed by atoms with van der Waals surface area (Å²) in [6, 6.07) is 2.28. The van der Waals surface area contributed by atoms with E-state index < -0.39 is 0 Å². The first kappa shape index (κ1) is 16.9. The normalized spacial score (nSPS) is 22.2. The Bertz CT molecular complexity index is 491. The first-order chi connectivity index (χ1) is 9.95. The highest BCUT2D eigenvalue weighted by molar-refractivity contribution is 9.10. The zero-order valence-electron chi connectivity index (χ0n) is 12.9. The van der Waals surface area contributed by atoms with Crippen LogP contribution in [0, 0.1) is 0 Å². The molecule has 6 heteroatoms. The van der Waals surface area contributed by atoms with Gasteiger partial charge in [-0.1, -0.05) is 6.92 Å². The molecule has 1 fully saturated rings. The second-order valence-electron chi connectivity index (χ2n) is 5.81. The zero-order chi connectivity index (χ0) is 15.6. The van der Waals surface area contributed by atoms with E-state index in [9.17, 15) is 4.79 Å². The summed E-state index contributed by atoms with van der Waals surface area (Å²) in [6.45, 7) is 3.05. The number of likely N-dealkylation sites (tertiary alicyclic amines) is 1. The molecule has 3 atom stereocenters. The molecule has 118 valence electrons. The van der Waals surface area contributed by atoms with E-state index in [4.69, 9.17) is 5.73 Å². The Hall–Kier alpha value is -0.430. The highest BCUT2D eigenvalue weighted by atomic mass is 79.9. The van der Waals surface area contributed by atoms with Gasteiger partial charge in [-0.2, -0.15) is 0 Å². The van der Waals surface area contributed by atoms with Gasteiger partial charge in [-0.05, 0) is 47.8 Å². The molecule has 3 unspecified atom stereocenters. The van der Waals surface area contributed by atoms with Crippen molar-refractivity contribution in [3.05, 3.63) is 20.8 Å². The summed E-state index contributed by atoms with van der Waals surface area (Å²) < 4.78 is 1.09. The lowest BCUT2D eigenvalue weighted by atomic mass is 10.0. The Morgan fingerprint density at radius 1 is 1.62 bits per heavy atom. The molecule has 0 spiro atoms. The zero-order valence-corrected chi connectivity index (χ0v) is 15.3. The van der Waals surface area contributed by atoms with Crippen LogP contribution in [0.3, 0.4) is 0 Å². The predicted molar refractivity (Wildman–Crippen MR) is 91.4 cm³/mol. The number of likely N-dealkylation sites (N-methyl/N-ethyl adjacent to an activating group) is 1. The summed E-state index contributed by atoms with van der Waals surface area (Å²) in [5, 5.41) is 2.09. The standard InChI is InChI=1S/C15H24BrN3OS/c1-4-11(17)14(13-8-10(16)9-21-13)19-7-5-6-12(19)15(20)18(2)3/h8-9,11-12,14H,4-7,17H2,1-3H3. The van der Waals surface area contributed by atoms with Gasteiger partial charge in [0.05, 0.1) is 12.1 Å². The molecule has 0 radical (unpaired) electrons. The minimum Gasteiger partial charge on any atom is -0.347 e. The monoisotopic (exact) mass is 373 g/mol. The molecule has 0 bridgehead atoms. The van der Waals surface area contributed by atoms with Gasteiger partial charge in [0.2, 0.25) is 5.91 Å². The predicted octanol–water partition coefficient (Wildman–Crippen LogP) is 2.84. The van der Waals surface area contributed by atoms with E-state index in [0.29, 0.717) is 0 Å². The number of carbonyl (C=O) groups excluding carboxylic acids is 1. The molecule has 0 saturated carbocycles. The Morgan fingerprint density at radius 2 is 2.33 bits per heavy atom. The molecule has 1 aliphatic rings. The van der Waals surface area contributed by atoms with Gasteiger partial charge in [0, 0.05) is 34.9 Å². The van der Waals surface area contributed by atoms with E-state index in [1.165, 1.54) is 4.88 Å². The van der Waals surface area contributed by atoms with E-state index in [2.05, 4.69) is 39.2 Å². The van der Waals surface area contributed by atoms with E-state index in [1.54, 1.807) is 16.2 Å². The molecule has 1 amide bonds. The minimum absolute atomic E-state index is 0.0384. The third kappa shape index (κ3) is 3.67. The SMILES string of the molecule is CCC(N)C(c1cc(Br)cs1)N1CCCC1C(=O)N(C)C. The minimum atomic E-state index is -0.0384. The maximum atomic E-state index is 12.4. The molecule has 21 heavy (non-hydrogen) atoms. The van der Waals surface area contributed by atoms with Crippen LogP contribution in [-0.4, -0.2) is 48.4 Å². The van der Waals surface area contributed by atoms with Crippen molar-refractivity contribution in [1.29, 1.82) is 0 Å². The number of nitrogens with two attached hydrogens (primary N) is 1. The van der Waals surface area contributed by atoms with Gasteiger partial charge in [0.25, 0.3) is 0 Å². The van der Waals surface area contributed by atoms with E-state index in [-0.39, 0.29) is 24.0 Å². The van der Waals surface area contributed by atoms with Gasteiger partial charge in [0.1, 0.15) is 0 Å². The lowest BCUT2D eigenvalue weighted by molar-refractivity contribution is -0.134. The van der Waals surface area contributed by atoms with Gasteiger partial charge < -0.3 is 10.6 Å². The fourth-order valence-electron chi connectivity index (χ4n) is 3.01. The fourth-order valence-corrected chi connectivity index (χ4v) is 4.65. The first-order valence-corrected chi connectivity index (χ1v) is 9.09. The largest absolute Gasteiger partial charge is 0.347 e. The number of hydrogen-bond acceptors (Lipinski definition) is 4. The summed E-state index contributed by atoms with van der Waals surface area (Å²) in [4.78, 5) is 17.7. The number of carbonyl (C=O) groups is 1. The van der Waals surface area contributed by atoms with E-state index >= 15 is 0 Å². The topological polar surface area (TPSA) is 49.6 Å². The summed E-state index contributed by atoms with van der Waals surface area (Å²) in [5.41, 5.74) is 6.40. The van der Waals surface area contributed by atoms with E-state index in [0.717, 1.165) is 30.3 Å². The third-order valence-electron chi connectivity index (χ3n) is 4.13. The second-order valence-corrected chi connectivity index (χ2v) is 7.67. The second kappa shape index (κ2) is 7.22. The summed E-state index contributed by atoms with van der Waals surface area (Å²) in [7, 11) is 3.66. The van der Waals surface area contributed by atoms with Gasteiger partial charge in [-0.25, -0.2) is 0 Å². The number of thiophene rings is 1. The summed E-state index contributed by atoms with van der Waals surface area (Å²) >= 11 is 5.24. The maximum Gasteiger partial charge on any atom is 0.239 e. The van der Waals surface area contributed by atoms with Crippen molar-refractivity contribution in [3.8, 4) is 0 Å². The molecule has 4 nitrogen and oxygen atoms in total. The number of hydrogen-bond donors (Lipinski definition) is 1. The lowest BCUT2D eigenvalue weighted by Crippen LogP contribution is -2.48. The van der Waals surface area contributed by atoms with Crippen LogP contribution in [-0.2, 0) is 4.79 Å². The Kier molecular flexibility index (Phi) is 5.82. The van der Waals surface area contributed by atoms with Crippen LogP contribution in [0.4, 0.5) is 0 Å². The molecular weight excluding hydrogens is 350 g/mol. The van der Waals surface area contributed by atoms with Crippen molar-refractivity contribution in [2.24, 2.45) is 5.73 Å². The molecule has 1 aliphatic heterocycles. The average molecular weight is 374 g/mol. The van der Waals surface area contributed by atoms with Crippen LogP contribution in [0.5, 0.6) is 0 Å². The lowest BCUT2D eigenvalue weighted by Gasteiger charge is -2.36. The average Bonchev–Trinajstić information content (AvgIpc) is 3.07. The molecule has 2 heterocycles. The molecule has 1 aromatic rings. The van der Waals surface area contributed by atoms with Crippen molar-refractivity contribution < 1.29 is 4.79 Å². The highest BCUT2D eigenvalue weighted by Gasteiger charge is 2.39. The maximum absolute atomic E-state index is 12.4. The Balaban J connectivity index is 2.29. The molecule has 1 aromatic heterocycles. The van der Waals surface area contributed by atoms with Crippen molar-refractivity contribution >= 4 is 33.2 Å². The van der Waals surface area contributed by atoms with Crippen LogP contribution in [0.2, 0.25) is 0 Å². The fraction of sp³-hybridized carbons (Fsp3) is 0.667. The van der Waals surface area contributed by atoms with Crippen LogP contribution in [0.1, 0.15) is 37.1 Å². The summed E-state index contributed by atoms with van der Waals surface area (Å²) in [6.07, 6.45) is 2.89. The van der Waals surface area contributed by atoms with Crippen molar-refractivity contribution in [3.63, 3.8) is 0 Å². The highest BCUT2D eigenvalue weighted by Crippen LogP contribution is 2.36. The number of halogens is 1. The smallest absolute Gasteiger partial charge is 0.239 e. The molecular formula is C15H24BrN3OS. The van der Waals surface area contributed by atoms with Crippen molar-refractivity contribution in [1.82, 2.24) is 9.80 Å². The summed E-state index contributed by atoms with van der Waals surface area (Å²) in [5.74, 6) is 0.191. The quantitative estimate of drug-likeness (QED) is 0.862. The van der Waals surface area contributed by atoms with Crippen LogP contribution < -0.4 is 5.73 Å². The molecule has 0 aliphatic carbocycles. The first-order valence-electron chi connectivity index (χ1n) is 7.42.